The van der Waals surface area contributed by atoms with E-state index in [1.165, 1.54) is 12.8 Å². The number of rotatable bonds is 5. The van der Waals surface area contributed by atoms with E-state index >= 15 is 0 Å². The Bertz CT molecular complexity index is 156. The number of aliphatic carboxylic acids is 1. The summed E-state index contributed by atoms with van der Waals surface area (Å²) >= 11 is 0. The fraction of sp³-hybridized carbons (Fsp3) is 0.667. The van der Waals surface area contributed by atoms with Crippen molar-refractivity contribution < 1.29 is 37.3 Å². The molecule has 0 atom stereocenters. The second-order valence-electron chi connectivity index (χ2n) is 2.69. The highest BCUT2D eigenvalue weighted by Crippen LogP contribution is 2.02. The van der Waals surface area contributed by atoms with Crippen LogP contribution in [0.1, 0.15) is 39.5 Å². The molecular weight excluding hydrogens is 220 g/mol. The van der Waals surface area contributed by atoms with Gasteiger partial charge in [0.05, 0.1) is 0 Å². The fourth-order valence-electron chi connectivity index (χ4n) is 0.800. The maximum atomic E-state index is 10.3. The summed E-state index contributed by atoms with van der Waals surface area (Å²) in [6, 6.07) is 0. The van der Waals surface area contributed by atoms with Crippen LogP contribution in [0, 0.1) is 0 Å². The van der Waals surface area contributed by atoms with Crippen molar-refractivity contribution in [3.63, 3.8) is 0 Å². The van der Waals surface area contributed by atoms with Gasteiger partial charge in [-0.3, -0.25) is 0 Å². The van der Waals surface area contributed by atoms with Crippen molar-refractivity contribution in [1.82, 2.24) is 0 Å². The molecule has 0 aromatic rings. The molecule has 0 bridgehead atoms. The minimum Gasteiger partial charge on any atom is -0.478 e. The van der Waals surface area contributed by atoms with E-state index in [1.807, 2.05) is 0 Å². The molecule has 0 aliphatic carbocycles. The molecule has 0 saturated carbocycles. The van der Waals surface area contributed by atoms with Crippen LogP contribution in [0.15, 0.2) is 11.6 Å². The van der Waals surface area contributed by atoms with Crippen molar-refractivity contribution in [3.05, 3.63) is 11.6 Å². The molecule has 7 nitrogen and oxygen atoms in total. The van der Waals surface area contributed by atoms with E-state index in [-0.39, 0.29) is 27.4 Å². The van der Waals surface area contributed by atoms with Gasteiger partial charge in [-0.15, -0.1) is 0 Å². The Kier molecular flexibility index (Phi) is 53.7. The second kappa shape index (κ2) is 23.7. The Morgan fingerprint density at radius 1 is 1.06 bits per heavy atom. The lowest BCUT2D eigenvalue weighted by atomic mass is 10.1. The molecule has 0 fully saturated rings. The maximum Gasteiger partial charge on any atom is 0.330 e. The van der Waals surface area contributed by atoms with Gasteiger partial charge in [0.2, 0.25) is 0 Å². The van der Waals surface area contributed by atoms with Crippen LogP contribution in [0.25, 0.3) is 0 Å². The molecule has 0 aromatic heterocycles. The largest absolute Gasteiger partial charge is 0.478 e. The van der Waals surface area contributed by atoms with Crippen molar-refractivity contribution in [2.75, 3.05) is 0 Å². The maximum absolute atomic E-state index is 10.3. The number of carboxylic acids is 1. The molecule has 0 aromatic carbocycles. The highest BCUT2D eigenvalue weighted by Gasteiger charge is 1.96. The van der Waals surface area contributed by atoms with E-state index < -0.39 is 5.97 Å². The van der Waals surface area contributed by atoms with Crippen molar-refractivity contribution >= 4 is 5.97 Å². The molecule has 0 heterocycles. The first kappa shape index (κ1) is 36.3. The summed E-state index contributed by atoms with van der Waals surface area (Å²) in [5, 5.41) is 8.47. The van der Waals surface area contributed by atoms with Crippen LogP contribution in [0.3, 0.4) is 0 Å². The van der Waals surface area contributed by atoms with Crippen LogP contribution in [-0.2, 0) is 4.79 Å². The third kappa shape index (κ3) is 23.1. The quantitative estimate of drug-likeness (QED) is 0.454. The summed E-state index contributed by atoms with van der Waals surface area (Å²) in [5.74, 6) is -0.804. The molecule has 0 amide bonds. The van der Waals surface area contributed by atoms with Gasteiger partial charge in [-0.1, -0.05) is 25.8 Å². The zero-order valence-corrected chi connectivity index (χ0v) is 9.76. The number of carbonyl (C=O) groups is 1. The van der Waals surface area contributed by atoms with Crippen LogP contribution in [-0.4, -0.2) is 38.5 Å². The van der Waals surface area contributed by atoms with E-state index in [0.717, 1.165) is 12.8 Å². The highest BCUT2D eigenvalue weighted by atomic mass is 16.4. The molecule has 7 heteroatoms. The standard InChI is InChI=1S/C9H16O2.5H2O/c1-3-4-5-6-7-8(2)9(10)11;;;;;/h7H,3-6H2,1-2H3,(H,10,11);5*1H2. The predicted octanol–water partition coefficient (Wildman–Crippen LogP) is -1.53. The first-order chi connectivity index (χ1) is 5.18. The smallest absolute Gasteiger partial charge is 0.330 e. The van der Waals surface area contributed by atoms with Gasteiger partial charge < -0.3 is 32.5 Å². The average molecular weight is 246 g/mol. The van der Waals surface area contributed by atoms with Crippen molar-refractivity contribution in [2.24, 2.45) is 0 Å². The van der Waals surface area contributed by atoms with Crippen molar-refractivity contribution in [1.29, 1.82) is 0 Å². The molecule has 104 valence electrons. The minimum absolute atomic E-state index is 0. The molecule has 16 heavy (non-hydrogen) atoms. The third-order valence-corrected chi connectivity index (χ3v) is 1.60. The van der Waals surface area contributed by atoms with Gasteiger partial charge >= 0.3 is 5.97 Å². The Hall–Kier alpha value is -0.990. The molecule has 0 saturated heterocycles. The Labute approximate surface area is 95.3 Å². The Morgan fingerprint density at radius 2 is 1.50 bits per heavy atom. The first-order valence-electron chi connectivity index (χ1n) is 4.08. The molecule has 0 spiro atoms. The Balaban J connectivity index is -0.0000000500. The van der Waals surface area contributed by atoms with Gasteiger partial charge in [-0.2, -0.15) is 0 Å². The van der Waals surface area contributed by atoms with Crippen LogP contribution < -0.4 is 0 Å². The summed E-state index contributed by atoms with van der Waals surface area (Å²) in [4.78, 5) is 10.3. The molecule has 0 aliphatic rings. The number of carboxylic acid groups (broad SMARTS) is 1. The van der Waals surface area contributed by atoms with Gasteiger partial charge in [0.25, 0.3) is 0 Å². The van der Waals surface area contributed by atoms with Gasteiger partial charge in [0.15, 0.2) is 0 Å². The van der Waals surface area contributed by atoms with Crippen LogP contribution in [0.2, 0.25) is 0 Å². The predicted molar refractivity (Wildman–Crippen MR) is 63.6 cm³/mol. The lowest BCUT2D eigenvalue weighted by Crippen LogP contribution is -1.95. The average Bonchev–Trinajstić information content (AvgIpc) is 1.97. The van der Waals surface area contributed by atoms with Gasteiger partial charge in [0, 0.05) is 5.57 Å². The summed E-state index contributed by atoms with van der Waals surface area (Å²) < 4.78 is 0. The highest BCUT2D eigenvalue weighted by molar-refractivity contribution is 5.85. The van der Waals surface area contributed by atoms with Crippen LogP contribution in [0.5, 0.6) is 0 Å². The lowest BCUT2D eigenvalue weighted by molar-refractivity contribution is -0.132. The lowest BCUT2D eigenvalue weighted by Gasteiger charge is -1.93. The number of unbranched alkanes of at least 4 members (excludes halogenated alkanes) is 3. The van der Waals surface area contributed by atoms with Crippen molar-refractivity contribution in [3.8, 4) is 0 Å². The molecule has 0 rings (SSSR count). The monoisotopic (exact) mass is 246 g/mol. The molecule has 0 unspecified atom stereocenters. The van der Waals surface area contributed by atoms with Crippen LogP contribution in [0.4, 0.5) is 0 Å². The summed E-state index contributed by atoms with van der Waals surface area (Å²) in [7, 11) is 0. The summed E-state index contributed by atoms with van der Waals surface area (Å²) in [6.07, 6.45) is 6.15. The number of hydrogen-bond donors (Lipinski definition) is 1. The molecule has 0 aliphatic heterocycles. The van der Waals surface area contributed by atoms with E-state index in [0.29, 0.717) is 5.57 Å². The van der Waals surface area contributed by atoms with E-state index in [4.69, 9.17) is 5.11 Å². The summed E-state index contributed by atoms with van der Waals surface area (Å²) in [5.41, 5.74) is 0.459. The van der Waals surface area contributed by atoms with Gasteiger partial charge in [-0.25, -0.2) is 4.79 Å². The zero-order chi connectivity index (χ0) is 8.69. The van der Waals surface area contributed by atoms with E-state index in [1.54, 1.807) is 13.0 Å². The van der Waals surface area contributed by atoms with Gasteiger partial charge in [0.1, 0.15) is 0 Å². The number of allylic oxidation sites excluding steroid dienone is 1. The Morgan fingerprint density at radius 3 is 1.81 bits per heavy atom. The van der Waals surface area contributed by atoms with E-state index in [2.05, 4.69) is 6.92 Å². The van der Waals surface area contributed by atoms with E-state index in [9.17, 15) is 4.79 Å². The zero-order valence-electron chi connectivity index (χ0n) is 9.76. The molecule has 11 N–H and O–H groups in total. The van der Waals surface area contributed by atoms with Crippen molar-refractivity contribution in [2.45, 2.75) is 39.5 Å². The van der Waals surface area contributed by atoms with Crippen LogP contribution >= 0.6 is 0 Å². The minimum atomic E-state index is -0.804. The topological polar surface area (TPSA) is 195 Å². The SMILES string of the molecule is CCCCCC=C(C)C(=O)O.O.O.O.O.O. The number of hydrogen-bond acceptors (Lipinski definition) is 1. The van der Waals surface area contributed by atoms with Gasteiger partial charge in [-0.05, 0) is 19.8 Å². The first-order valence-corrected chi connectivity index (χ1v) is 4.08. The fourth-order valence-corrected chi connectivity index (χ4v) is 0.800. The molecular formula is C9H26O7. The molecule has 0 radical (unpaired) electrons. The normalized spacial score (nSPS) is 8.00. The second-order valence-corrected chi connectivity index (χ2v) is 2.69. The third-order valence-electron chi connectivity index (χ3n) is 1.60. The summed E-state index contributed by atoms with van der Waals surface area (Å²) in [6.45, 7) is 3.77.